The topological polar surface area (TPSA) is 81.4 Å². The van der Waals surface area contributed by atoms with E-state index in [1.54, 1.807) is 13.0 Å². The summed E-state index contributed by atoms with van der Waals surface area (Å²) >= 11 is 0. The number of carbonyl (C=O) groups excluding carboxylic acids is 1. The Balaban J connectivity index is 1.77. The van der Waals surface area contributed by atoms with E-state index in [4.69, 9.17) is 4.74 Å². The smallest absolute Gasteiger partial charge is 0.389 e. The molecule has 4 heterocycles. The van der Waals surface area contributed by atoms with E-state index >= 15 is 0 Å². The van der Waals surface area contributed by atoms with Gasteiger partial charge in [0.15, 0.2) is 0 Å². The highest BCUT2D eigenvalue weighted by molar-refractivity contribution is 5.88. The molecule has 34 heavy (non-hydrogen) atoms. The maximum atomic E-state index is 14.0. The largest absolute Gasteiger partial charge is 0.460 e. The van der Waals surface area contributed by atoms with Gasteiger partial charge in [-0.1, -0.05) is 6.92 Å². The summed E-state index contributed by atoms with van der Waals surface area (Å²) in [5, 5.41) is 11.6. The maximum Gasteiger partial charge on any atom is 0.389 e. The fraction of sp³-hybridized carbons (Fsp3) is 0.375. The molecule has 0 fully saturated rings. The summed E-state index contributed by atoms with van der Waals surface area (Å²) in [5.41, 5.74) is -0.222. The molecule has 2 aliphatic rings. The number of benzene rings is 1. The highest BCUT2D eigenvalue weighted by Gasteiger charge is 2.40. The van der Waals surface area contributed by atoms with Crippen molar-refractivity contribution in [3.63, 3.8) is 0 Å². The Kier molecular flexibility index (Phi) is 5.05. The fourth-order valence-corrected chi connectivity index (χ4v) is 4.89. The summed E-state index contributed by atoms with van der Waals surface area (Å²) in [7, 11) is 0. The van der Waals surface area contributed by atoms with Crippen LogP contribution in [0.4, 0.5) is 17.6 Å². The van der Waals surface area contributed by atoms with Crippen LogP contribution in [0, 0.1) is 5.82 Å². The summed E-state index contributed by atoms with van der Waals surface area (Å²) in [4.78, 5) is 29.9. The molecule has 0 saturated heterocycles. The number of aliphatic hydroxyl groups is 1. The SMILES string of the molecule is CC[C@@]1(O)CC(=O)OCc2c1cc1n(c2=O)Cc2c-1nc1cc(F)ccc1c2CCC(F)(F)F. The van der Waals surface area contributed by atoms with Crippen LogP contribution >= 0.6 is 0 Å². The predicted molar refractivity (Wildman–Crippen MR) is 113 cm³/mol. The summed E-state index contributed by atoms with van der Waals surface area (Å²) < 4.78 is 59.7. The van der Waals surface area contributed by atoms with Gasteiger partial charge >= 0.3 is 12.1 Å². The molecule has 0 bridgehead atoms. The first-order valence-electron chi connectivity index (χ1n) is 10.8. The first kappa shape index (κ1) is 22.5. The molecule has 10 heteroatoms. The van der Waals surface area contributed by atoms with Crippen molar-refractivity contribution < 1.29 is 32.2 Å². The molecule has 0 spiro atoms. The molecule has 3 aromatic rings. The van der Waals surface area contributed by atoms with Gasteiger partial charge in [-0.3, -0.25) is 9.59 Å². The number of cyclic esters (lactones) is 1. The second-order valence-electron chi connectivity index (χ2n) is 8.73. The van der Waals surface area contributed by atoms with Crippen molar-refractivity contribution in [2.24, 2.45) is 0 Å². The molecule has 6 nitrogen and oxygen atoms in total. The molecule has 1 atom stereocenters. The third-order valence-electron chi connectivity index (χ3n) is 6.69. The van der Waals surface area contributed by atoms with E-state index in [1.165, 1.54) is 16.7 Å². The van der Waals surface area contributed by atoms with Gasteiger partial charge in [-0.05, 0) is 42.2 Å². The van der Waals surface area contributed by atoms with E-state index in [-0.39, 0.29) is 54.8 Å². The number of aryl methyl sites for hydroxylation is 1. The maximum absolute atomic E-state index is 14.0. The third-order valence-corrected chi connectivity index (χ3v) is 6.69. The van der Waals surface area contributed by atoms with Crippen molar-refractivity contribution in [2.75, 3.05) is 0 Å². The molecule has 0 saturated carbocycles. The summed E-state index contributed by atoms with van der Waals surface area (Å²) in [6, 6.07) is 5.27. The number of pyridine rings is 2. The van der Waals surface area contributed by atoms with Gasteiger partial charge in [0.1, 0.15) is 18.0 Å². The van der Waals surface area contributed by atoms with Gasteiger partial charge in [-0.2, -0.15) is 13.2 Å². The van der Waals surface area contributed by atoms with Gasteiger partial charge in [0.05, 0.1) is 35.4 Å². The molecule has 2 aliphatic heterocycles. The number of ether oxygens (including phenoxy) is 1. The molecule has 5 rings (SSSR count). The van der Waals surface area contributed by atoms with Crippen LogP contribution in [0.3, 0.4) is 0 Å². The Morgan fingerprint density at radius 1 is 1.21 bits per heavy atom. The lowest BCUT2D eigenvalue weighted by atomic mass is 9.85. The van der Waals surface area contributed by atoms with Crippen molar-refractivity contribution in [2.45, 2.75) is 57.5 Å². The summed E-state index contributed by atoms with van der Waals surface area (Å²) in [6.07, 6.45) is -6.03. The minimum absolute atomic E-state index is 0.0250. The lowest BCUT2D eigenvalue weighted by Gasteiger charge is -2.26. The van der Waals surface area contributed by atoms with Gasteiger partial charge < -0.3 is 14.4 Å². The van der Waals surface area contributed by atoms with Gasteiger partial charge in [-0.15, -0.1) is 0 Å². The molecule has 1 N–H and O–H groups in total. The Labute approximate surface area is 190 Å². The summed E-state index contributed by atoms with van der Waals surface area (Å²) in [6.45, 7) is 1.33. The van der Waals surface area contributed by atoms with Crippen molar-refractivity contribution in [1.29, 1.82) is 0 Å². The highest BCUT2D eigenvalue weighted by Crippen LogP contribution is 2.41. The Morgan fingerprint density at radius 2 is 1.97 bits per heavy atom. The third kappa shape index (κ3) is 3.56. The Bertz CT molecular complexity index is 1410. The van der Waals surface area contributed by atoms with Gasteiger partial charge in [0, 0.05) is 23.4 Å². The zero-order chi connectivity index (χ0) is 24.4. The molecule has 0 unspecified atom stereocenters. The summed E-state index contributed by atoms with van der Waals surface area (Å²) in [5.74, 6) is -1.23. The van der Waals surface area contributed by atoms with Gasteiger partial charge in [0.25, 0.3) is 5.56 Å². The van der Waals surface area contributed by atoms with E-state index in [2.05, 4.69) is 4.98 Å². The second kappa shape index (κ2) is 7.63. The molecule has 0 amide bonds. The number of nitrogens with zero attached hydrogens (tertiary/aromatic N) is 2. The highest BCUT2D eigenvalue weighted by atomic mass is 19.4. The number of alkyl halides is 3. The molecule has 0 radical (unpaired) electrons. The number of hydrogen-bond acceptors (Lipinski definition) is 5. The number of esters is 1. The molecular formula is C24H20F4N2O4. The number of aromatic nitrogens is 2. The van der Waals surface area contributed by atoms with Crippen molar-refractivity contribution in [3.05, 3.63) is 62.7 Å². The van der Waals surface area contributed by atoms with Crippen LogP contribution < -0.4 is 5.56 Å². The number of hydrogen-bond donors (Lipinski definition) is 1. The first-order valence-corrected chi connectivity index (χ1v) is 10.8. The average molecular weight is 476 g/mol. The number of rotatable bonds is 3. The first-order chi connectivity index (χ1) is 16.0. The lowest BCUT2D eigenvalue weighted by Crippen LogP contribution is -2.32. The zero-order valence-corrected chi connectivity index (χ0v) is 18.1. The molecule has 2 aromatic heterocycles. The van der Waals surface area contributed by atoms with Gasteiger partial charge in [-0.25, -0.2) is 9.37 Å². The van der Waals surface area contributed by atoms with Crippen LogP contribution in [0.25, 0.3) is 22.3 Å². The van der Waals surface area contributed by atoms with E-state index in [0.29, 0.717) is 22.2 Å². The minimum Gasteiger partial charge on any atom is -0.460 e. The van der Waals surface area contributed by atoms with Crippen LogP contribution in [0.1, 0.15) is 48.4 Å². The molecular weight excluding hydrogens is 456 g/mol. The predicted octanol–water partition coefficient (Wildman–Crippen LogP) is 4.10. The van der Waals surface area contributed by atoms with Gasteiger partial charge in [0.2, 0.25) is 0 Å². The zero-order valence-electron chi connectivity index (χ0n) is 18.1. The average Bonchev–Trinajstić information content (AvgIpc) is 3.07. The Morgan fingerprint density at radius 3 is 2.68 bits per heavy atom. The minimum atomic E-state index is -4.40. The van der Waals surface area contributed by atoms with E-state index in [1.807, 2.05) is 0 Å². The van der Waals surface area contributed by atoms with Crippen molar-refractivity contribution >= 4 is 16.9 Å². The standard InChI is InChI=1S/C24H20F4N2O4/c1-2-23(33)9-20(31)34-11-16-17(23)8-19-21-15(10-30(19)22(16)32)13(5-6-24(26,27)28)14-4-3-12(25)7-18(14)29-21/h3-4,7-8,33H,2,5-6,9-11H2,1H3/t23-/m1/s1. The van der Waals surface area contributed by atoms with E-state index in [0.717, 1.165) is 6.07 Å². The van der Waals surface area contributed by atoms with Crippen LogP contribution in [-0.4, -0.2) is 26.8 Å². The quantitative estimate of drug-likeness (QED) is 0.356. The number of halogens is 4. The van der Waals surface area contributed by atoms with E-state index < -0.39 is 35.5 Å². The molecule has 0 aliphatic carbocycles. The molecule has 178 valence electrons. The number of carbonyl (C=O) groups is 1. The van der Waals surface area contributed by atoms with Crippen molar-refractivity contribution in [1.82, 2.24) is 9.55 Å². The lowest BCUT2D eigenvalue weighted by molar-refractivity contribution is -0.149. The van der Waals surface area contributed by atoms with Crippen LogP contribution in [-0.2, 0) is 34.7 Å². The fourth-order valence-electron chi connectivity index (χ4n) is 4.89. The molecule has 1 aromatic carbocycles. The van der Waals surface area contributed by atoms with Crippen LogP contribution in [0.15, 0.2) is 29.1 Å². The van der Waals surface area contributed by atoms with Crippen molar-refractivity contribution in [3.8, 4) is 11.4 Å². The monoisotopic (exact) mass is 476 g/mol. The number of fused-ring (bicyclic) bond motifs is 5. The normalized spacial score (nSPS) is 19.4. The Hall–Kier alpha value is -3.27. The second-order valence-corrected chi connectivity index (χ2v) is 8.73. The van der Waals surface area contributed by atoms with E-state index in [9.17, 15) is 32.3 Å². The van der Waals surface area contributed by atoms with Crippen LogP contribution in [0.2, 0.25) is 0 Å². The van der Waals surface area contributed by atoms with Crippen LogP contribution in [0.5, 0.6) is 0 Å².